The molecule has 0 aliphatic carbocycles. The first-order valence-corrected chi connectivity index (χ1v) is 11.4. The maximum Gasteiger partial charge on any atom is 0.410 e. The van der Waals surface area contributed by atoms with E-state index >= 15 is 0 Å². The Hall–Kier alpha value is -2.80. The van der Waals surface area contributed by atoms with Crippen LogP contribution in [0.25, 0.3) is 10.9 Å². The van der Waals surface area contributed by atoms with Gasteiger partial charge in [-0.15, -0.1) is 0 Å². The van der Waals surface area contributed by atoms with Crippen molar-refractivity contribution in [1.29, 1.82) is 0 Å². The molecule has 0 saturated heterocycles. The summed E-state index contributed by atoms with van der Waals surface area (Å²) in [5, 5.41) is 0.909. The van der Waals surface area contributed by atoms with Gasteiger partial charge in [-0.25, -0.2) is 17.2 Å². The van der Waals surface area contributed by atoms with E-state index in [-0.39, 0.29) is 11.4 Å². The van der Waals surface area contributed by atoms with Crippen LogP contribution in [0.2, 0.25) is 0 Å². The second-order valence-electron chi connectivity index (χ2n) is 8.68. The summed E-state index contributed by atoms with van der Waals surface area (Å²) in [6, 6.07) is 14.3. The van der Waals surface area contributed by atoms with Crippen LogP contribution in [0.1, 0.15) is 37.6 Å². The zero-order valence-corrected chi connectivity index (χ0v) is 18.5. The monoisotopic (exact) mass is 426 g/mol. The van der Waals surface area contributed by atoms with Crippen LogP contribution >= 0.6 is 0 Å². The summed E-state index contributed by atoms with van der Waals surface area (Å²) in [5.74, 6) is 0. The lowest BCUT2D eigenvalue weighted by atomic mass is 10.0. The van der Waals surface area contributed by atoms with Crippen molar-refractivity contribution in [2.75, 3.05) is 6.54 Å². The van der Waals surface area contributed by atoms with E-state index in [0.717, 1.165) is 16.5 Å². The number of carbonyl (C=O) groups is 1. The molecule has 3 aromatic rings. The average molecular weight is 427 g/mol. The molecule has 7 heteroatoms. The van der Waals surface area contributed by atoms with Crippen LogP contribution in [0.4, 0.5) is 4.79 Å². The number of hydrogen-bond donors (Lipinski definition) is 0. The Morgan fingerprint density at radius 3 is 2.37 bits per heavy atom. The van der Waals surface area contributed by atoms with Crippen LogP contribution in [0.15, 0.2) is 53.4 Å². The summed E-state index contributed by atoms with van der Waals surface area (Å²) in [6.07, 6.45) is 0.142. The van der Waals surface area contributed by atoms with E-state index in [1.54, 1.807) is 29.2 Å². The van der Waals surface area contributed by atoms with Crippen LogP contribution in [0.3, 0.4) is 0 Å². The van der Waals surface area contributed by atoms with Crippen LogP contribution in [0, 0.1) is 6.92 Å². The zero-order chi connectivity index (χ0) is 21.7. The Kier molecular flexibility index (Phi) is 4.89. The van der Waals surface area contributed by atoms with E-state index in [1.807, 2.05) is 52.0 Å². The molecule has 1 aromatic heterocycles. The second kappa shape index (κ2) is 7.16. The SMILES string of the molecule is Cc1ccc(S(=O)(=O)n2c3c(c4ccccc42)CCN(C(=O)OC(C)(C)C)C3)cc1. The minimum absolute atomic E-state index is 0.185. The number of aryl methyl sites for hydroxylation is 1. The molecule has 6 nitrogen and oxygen atoms in total. The molecule has 2 heterocycles. The number of aromatic nitrogens is 1. The number of rotatable bonds is 2. The number of ether oxygens (including phenoxy) is 1. The van der Waals surface area contributed by atoms with Crippen LogP contribution in [0.5, 0.6) is 0 Å². The number of carbonyl (C=O) groups excluding carboxylic acids is 1. The fourth-order valence-electron chi connectivity index (χ4n) is 3.85. The molecule has 0 bridgehead atoms. The standard InChI is InChI=1S/C23H26N2O4S/c1-16-9-11-17(12-10-16)30(27,28)25-20-8-6-5-7-18(20)19-13-14-24(15-21(19)25)22(26)29-23(2,3)4/h5-12H,13-15H2,1-4H3. The molecule has 0 atom stereocenters. The van der Waals surface area contributed by atoms with Crippen molar-refractivity contribution in [2.45, 2.75) is 51.2 Å². The van der Waals surface area contributed by atoms with E-state index < -0.39 is 21.7 Å². The number of hydrogen-bond acceptors (Lipinski definition) is 4. The molecule has 158 valence electrons. The molecular formula is C23H26N2O4S. The fraction of sp³-hybridized carbons (Fsp3) is 0.348. The smallest absolute Gasteiger partial charge is 0.410 e. The molecule has 1 aliphatic rings. The lowest BCUT2D eigenvalue weighted by Gasteiger charge is -2.30. The second-order valence-corrected chi connectivity index (χ2v) is 10.5. The Bertz CT molecular complexity index is 1220. The molecule has 0 fully saturated rings. The Morgan fingerprint density at radius 2 is 1.70 bits per heavy atom. The minimum Gasteiger partial charge on any atom is -0.444 e. The molecule has 4 rings (SSSR count). The number of nitrogens with zero attached hydrogens (tertiary/aromatic N) is 2. The maximum atomic E-state index is 13.6. The molecule has 1 amide bonds. The van der Waals surface area contributed by atoms with Gasteiger partial charge in [-0.3, -0.25) is 0 Å². The third-order valence-corrected chi connectivity index (χ3v) is 6.99. The highest BCUT2D eigenvalue weighted by molar-refractivity contribution is 7.90. The number of benzene rings is 2. The van der Waals surface area contributed by atoms with Crippen LogP contribution < -0.4 is 0 Å². The molecule has 0 N–H and O–H groups in total. The summed E-state index contributed by atoms with van der Waals surface area (Å²) < 4.78 is 34.2. The van der Waals surface area contributed by atoms with E-state index in [2.05, 4.69) is 0 Å². The Balaban J connectivity index is 1.85. The summed E-state index contributed by atoms with van der Waals surface area (Å²) in [4.78, 5) is 14.5. The van der Waals surface area contributed by atoms with Crippen molar-refractivity contribution < 1.29 is 17.9 Å². The molecule has 0 unspecified atom stereocenters. The summed E-state index contributed by atoms with van der Waals surface area (Å²) in [7, 11) is -3.83. The van der Waals surface area contributed by atoms with Gasteiger partial charge in [0.05, 0.1) is 22.7 Å². The predicted molar refractivity (Wildman–Crippen MR) is 116 cm³/mol. The topological polar surface area (TPSA) is 68.6 Å². The lowest BCUT2D eigenvalue weighted by molar-refractivity contribution is 0.0221. The minimum atomic E-state index is -3.83. The van der Waals surface area contributed by atoms with Gasteiger partial charge < -0.3 is 9.64 Å². The molecule has 0 radical (unpaired) electrons. The van der Waals surface area contributed by atoms with E-state index in [0.29, 0.717) is 24.2 Å². The highest BCUT2D eigenvalue weighted by atomic mass is 32.2. The first-order chi connectivity index (χ1) is 14.1. The predicted octanol–water partition coefficient (Wildman–Crippen LogP) is 4.48. The molecule has 0 spiro atoms. The third kappa shape index (κ3) is 3.58. The van der Waals surface area contributed by atoms with E-state index in [9.17, 15) is 13.2 Å². The average Bonchev–Trinajstić information content (AvgIpc) is 3.01. The molecule has 1 aliphatic heterocycles. The highest BCUT2D eigenvalue weighted by Gasteiger charge is 2.33. The van der Waals surface area contributed by atoms with Crippen LogP contribution in [-0.2, 0) is 27.7 Å². The lowest BCUT2D eigenvalue weighted by Crippen LogP contribution is -2.40. The van der Waals surface area contributed by atoms with Gasteiger partial charge in [0.2, 0.25) is 0 Å². The third-order valence-electron chi connectivity index (χ3n) is 5.22. The highest BCUT2D eigenvalue weighted by Crippen LogP contribution is 2.34. The quantitative estimate of drug-likeness (QED) is 0.606. The van der Waals surface area contributed by atoms with E-state index in [1.165, 1.54) is 3.97 Å². The van der Waals surface area contributed by atoms with Gasteiger partial charge in [-0.05, 0) is 57.9 Å². The van der Waals surface area contributed by atoms with Gasteiger partial charge in [0, 0.05) is 11.9 Å². The Morgan fingerprint density at radius 1 is 1.03 bits per heavy atom. The fourth-order valence-corrected chi connectivity index (χ4v) is 5.41. The zero-order valence-electron chi connectivity index (χ0n) is 17.7. The number of para-hydroxylation sites is 1. The van der Waals surface area contributed by atoms with Gasteiger partial charge >= 0.3 is 6.09 Å². The first-order valence-electron chi connectivity index (χ1n) is 9.99. The molecule has 30 heavy (non-hydrogen) atoms. The molecular weight excluding hydrogens is 400 g/mol. The van der Waals surface area contributed by atoms with Gasteiger partial charge in [0.15, 0.2) is 0 Å². The van der Waals surface area contributed by atoms with Gasteiger partial charge in [-0.1, -0.05) is 35.9 Å². The summed E-state index contributed by atoms with van der Waals surface area (Å²) >= 11 is 0. The molecule has 0 saturated carbocycles. The summed E-state index contributed by atoms with van der Waals surface area (Å²) in [6.45, 7) is 8.05. The Labute approximate surface area is 177 Å². The van der Waals surface area contributed by atoms with Crippen molar-refractivity contribution in [2.24, 2.45) is 0 Å². The first kappa shape index (κ1) is 20.5. The van der Waals surface area contributed by atoms with Gasteiger partial charge in [0.1, 0.15) is 5.60 Å². The number of fused-ring (bicyclic) bond motifs is 3. The largest absolute Gasteiger partial charge is 0.444 e. The van der Waals surface area contributed by atoms with Crippen molar-refractivity contribution in [3.8, 4) is 0 Å². The van der Waals surface area contributed by atoms with Crippen molar-refractivity contribution in [3.63, 3.8) is 0 Å². The van der Waals surface area contributed by atoms with Gasteiger partial charge in [-0.2, -0.15) is 0 Å². The van der Waals surface area contributed by atoms with Gasteiger partial charge in [0.25, 0.3) is 10.0 Å². The number of amides is 1. The van der Waals surface area contributed by atoms with Crippen molar-refractivity contribution in [3.05, 3.63) is 65.4 Å². The normalized spacial score (nSPS) is 14.6. The molecule has 2 aromatic carbocycles. The van der Waals surface area contributed by atoms with Crippen LogP contribution in [-0.4, -0.2) is 35.5 Å². The van der Waals surface area contributed by atoms with Crippen molar-refractivity contribution >= 4 is 27.0 Å². The summed E-state index contributed by atoms with van der Waals surface area (Å²) in [5.41, 5.74) is 2.60. The van der Waals surface area contributed by atoms with Crippen molar-refractivity contribution in [1.82, 2.24) is 8.87 Å². The van der Waals surface area contributed by atoms with E-state index in [4.69, 9.17) is 4.74 Å². The maximum absolute atomic E-state index is 13.6.